The van der Waals surface area contributed by atoms with Crippen molar-refractivity contribution < 1.29 is 14.6 Å². The zero-order valence-electron chi connectivity index (χ0n) is 12.0. The van der Waals surface area contributed by atoms with Gasteiger partial charge in [0.15, 0.2) is 0 Å². The number of aromatic nitrogens is 2. The number of benzene rings is 1. The molecule has 0 aliphatic carbocycles. The van der Waals surface area contributed by atoms with Crippen LogP contribution in [-0.2, 0) is 6.54 Å². The molecule has 5 heteroatoms. The first-order valence-electron chi connectivity index (χ1n) is 6.60. The predicted molar refractivity (Wildman–Crippen MR) is 76.1 cm³/mol. The summed E-state index contributed by atoms with van der Waals surface area (Å²) in [6.07, 6.45) is 3.65. The third-order valence-electron chi connectivity index (χ3n) is 3.18. The fraction of sp³-hybridized carbons (Fsp3) is 0.400. The van der Waals surface area contributed by atoms with Gasteiger partial charge in [-0.05, 0) is 24.1 Å². The van der Waals surface area contributed by atoms with E-state index in [1.807, 2.05) is 4.57 Å². The van der Waals surface area contributed by atoms with Crippen molar-refractivity contribution in [3.63, 3.8) is 0 Å². The van der Waals surface area contributed by atoms with Gasteiger partial charge < -0.3 is 19.1 Å². The average molecular weight is 276 g/mol. The number of imidazole rings is 1. The predicted octanol–water partition coefficient (Wildman–Crippen LogP) is 2.39. The van der Waals surface area contributed by atoms with E-state index in [4.69, 9.17) is 9.47 Å². The van der Waals surface area contributed by atoms with Gasteiger partial charge in [-0.2, -0.15) is 0 Å². The van der Waals surface area contributed by atoms with Crippen molar-refractivity contribution >= 4 is 0 Å². The SMILES string of the molecule is CCCn1cncc1C(O)c1cc(OC)cc(OC)c1. The van der Waals surface area contributed by atoms with Crippen LogP contribution < -0.4 is 9.47 Å². The van der Waals surface area contributed by atoms with Crippen LogP contribution in [0.1, 0.15) is 30.7 Å². The Morgan fingerprint density at radius 1 is 1.20 bits per heavy atom. The van der Waals surface area contributed by atoms with Gasteiger partial charge in [-0.3, -0.25) is 0 Å². The summed E-state index contributed by atoms with van der Waals surface area (Å²) >= 11 is 0. The highest BCUT2D eigenvalue weighted by Gasteiger charge is 2.17. The zero-order chi connectivity index (χ0) is 14.5. The summed E-state index contributed by atoms with van der Waals surface area (Å²) in [6, 6.07) is 5.38. The summed E-state index contributed by atoms with van der Waals surface area (Å²) in [5.74, 6) is 1.31. The molecule has 0 radical (unpaired) electrons. The highest BCUT2D eigenvalue weighted by Crippen LogP contribution is 2.29. The molecule has 1 aromatic heterocycles. The fourth-order valence-corrected chi connectivity index (χ4v) is 2.14. The molecule has 0 saturated heterocycles. The molecule has 1 heterocycles. The van der Waals surface area contributed by atoms with E-state index in [0.29, 0.717) is 11.5 Å². The number of aliphatic hydroxyl groups is 1. The normalized spacial score (nSPS) is 12.2. The number of methoxy groups -OCH3 is 2. The van der Waals surface area contributed by atoms with Gasteiger partial charge in [0, 0.05) is 12.6 Å². The van der Waals surface area contributed by atoms with Crippen LogP contribution in [0.15, 0.2) is 30.7 Å². The Morgan fingerprint density at radius 2 is 1.85 bits per heavy atom. The summed E-state index contributed by atoms with van der Waals surface area (Å²) < 4.78 is 12.4. The lowest BCUT2D eigenvalue weighted by Gasteiger charge is -2.15. The first-order chi connectivity index (χ1) is 9.69. The molecule has 0 aliphatic heterocycles. The summed E-state index contributed by atoms with van der Waals surface area (Å²) in [4.78, 5) is 4.11. The van der Waals surface area contributed by atoms with Crippen LogP contribution in [0.5, 0.6) is 11.5 Å². The molecule has 20 heavy (non-hydrogen) atoms. The van der Waals surface area contributed by atoms with Gasteiger partial charge in [-0.1, -0.05) is 6.92 Å². The summed E-state index contributed by atoms with van der Waals surface area (Å²) in [7, 11) is 3.18. The summed E-state index contributed by atoms with van der Waals surface area (Å²) in [5.41, 5.74) is 1.49. The molecule has 2 aromatic rings. The molecular formula is C15H20N2O3. The molecular weight excluding hydrogens is 256 g/mol. The van der Waals surface area contributed by atoms with Gasteiger partial charge in [0.2, 0.25) is 0 Å². The molecule has 1 unspecified atom stereocenters. The van der Waals surface area contributed by atoms with Gasteiger partial charge in [-0.15, -0.1) is 0 Å². The quantitative estimate of drug-likeness (QED) is 0.880. The largest absolute Gasteiger partial charge is 0.497 e. The number of ether oxygens (including phenoxy) is 2. The smallest absolute Gasteiger partial charge is 0.122 e. The Kier molecular flexibility index (Phi) is 4.63. The van der Waals surface area contributed by atoms with E-state index in [1.165, 1.54) is 0 Å². The number of aryl methyl sites for hydroxylation is 1. The summed E-state index contributed by atoms with van der Waals surface area (Å²) in [5, 5.41) is 10.6. The van der Waals surface area contributed by atoms with Crippen LogP contribution in [0.4, 0.5) is 0 Å². The number of rotatable bonds is 6. The monoisotopic (exact) mass is 276 g/mol. The van der Waals surface area contributed by atoms with E-state index in [9.17, 15) is 5.11 Å². The van der Waals surface area contributed by atoms with Crippen LogP contribution in [0.25, 0.3) is 0 Å². The molecule has 0 spiro atoms. The van der Waals surface area contributed by atoms with E-state index in [2.05, 4.69) is 11.9 Å². The van der Waals surface area contributed by atoms with E-state index < -0.39 is 6.10 Å². The maximum atomic E-state index is 10.6. The molecule has 0 amide bonds. The lowest BCUT2D eigenvalue weighted by molar-refractivity contribution is 0.208. The van der Waals surface area contributed by atoms with Crippen LogP contribution in [-0.4, -0.2) is 28.9 Å². The summed E-state index contributed by atoms with van der Waals surface area (Å²) in [6.45, 7) is 2.91. The minimum atomic E-state index is -0.756. The Morgan fingerprint density at radius 3 is 2.40 bits per heavy atom. The Hall–Kier alpha value is -2.01. The van der Waals surface area contributed by atoms with Crippen LogP contribution >= 0.6 is 0 Å². The van der Waals surface area contributed by atoms with Crippen molar-refractivity contribution in [1.29, 1.82) is 0 Å². The average Bonchev–Trinajstić information content (AvgIpc) is 2.94. The molecule has 2 rings (SSSR count). The lowest BCUT2D eigenvalue weighted by atomic mass is 10.1. The van der Waals surface area contributed by atoms with Gasteiger partial charge in [0.05, 0.1) is 32.4 Å². The molecule has 0 aliphatic rings. The number of hydrogen-bond donors (Lipinski definition) is 1. The standard InChI is InChI=1S/C15H20N2O3/c1-4-5-17-10-16-9-14(17)15(18)11-6-12(19-2)8-13(7-11)20-3/h6-10,15,18H,4-5H2,1-3H3. The maximum absolute atomic E-state index is 10.6. The van der Waals surface area contributed by atoms with Crippen molar-refractivity contribution in [2.24, 2.45) is 0 Å². The minimum absolute atomic E-state index is 0.653. The van der Waals surface area contributed by atoms with E-state index in [1.54, 1.807) is 44.9 Å². The topological polar surface area (TPSA) is 56.5 Å². The fourth-order valence-electron chi connectivity index (χ4n) is 2.14. The first-order valence-corrected chi connectivity index (χ1v) is 6.60. The van der Waals surface area contributed by atoms with E-state index >= 15 is 0 Å². The van der Waals surface area contributed by atoms with Crippen molar-refractivity contribution in [3.8, 4) is 11.5 Å². The highest BCUT2D eigenvalue weighted by atomic mass is 16.5. The Bertz CT molecular complexity index is 544. The Balaban J connectivity index is 2.36. The Labute approximate surface area is 118 Å². The van der Waals surface area contributed by atoms with Gasteiger partial charge in [-0.25, -0.2) is 4.98 Å². The third-order valence-corrected chi connectivity index (χ3v) is 3.18. The van der Waals surface area contributed by atoms with Crippen LogP contribution in [0.2, 0.25) is 0 Å². The van der Waals surface area contributed by atoms with Crippen LogP contribution in [0.3, 0.4) is 0 Å². The molecule has 0 fully saturated rings. The number of hydrogen-bond acceptors (Lipinski definition) is 4. The molecule has 1 aromatic carbocycles. The molecule has 1 atom stereocenters. The van der Waals surface area contributed by atoms with Crippen molar-refractivity contribution in [2.75, 3.05) is 14.2 Å². The third kappa shape index (κ3) is 2.93. The van der Waals surface area contributed by atoms with Crippen LogP contribution in [0, 0.1) is 0 Å². The second-order valence-corrected chi connectivity index (χ2v) is 4.56. The first kappa shape index (κ1) is 14.4. The van der Waals surface area contributed by atoms with Crippen molar-refractivity contribution in [3.05, 3.63) is 42.0 Å². The molecule has 1 N–H and O–H groups in total. The molecule has 5 nitrogen and oxygen atoms in total. The number of nitrogens with zero attached hydrogens (tertiary/aromatic N) is 2. The molecule has 0 bridgehead atoms. The minimum Gasteiger partial charge on any atom is -0.497 e. The second-order valence-electron chi connectivity index (χ2n) is 4.56. The number of aliphatic hydroxyl groups excluding tert-OH is 1. The molecule has 108 valence electrons. The maximum Gasteiger partial charge on any atom is 0.122 e. The van der Waals surface area contributed by atoms with Crippen molar-refractivity contribution in [2.45, 2.75) is 26.0 Å². The van der Waals surface area contributed by atoms with Crippen molar-refractivity contribution in [1.82, 2.24) is 9.55 Å². The lowest BCUT2D eigenvalue weighted by Crippen LogP contribution is -2.08. The van der Waals surface area contributed by atoms with E-state index in [0.717, 1.165) is 24.2 Å². The second kappa shape index (κ2) is 6.43. The van der Waals surface area contributed by atoms with Gasteiger partial charge >= 0.3 is 0 Å². The zero-order valence-corrected chi connectivity index (χ0v) is 12.0. The molecule has 0 saturated carbocycles. The highest BCUT2D eigenvalue weighted by molar-refractivity contribution is 5.41. The van der Waals surface area contributed by atoms with Gasteiger partial charge in [0.1, 0.15) is 17.6 Å². The van der Waals surface area contributed by atoms with E-state index in [-0.39, 0.29) is 0 Å². The van der Waals surface area contributed by atoms with Gasteiger partial charge in [0.25, 0.3) is 0 Å².